The van der Waals surface area contributed by atoms with Crippen LogP contribution >= 0.6 is 35.6 Å². The third kappa shape index (κ3) is 7.29. The Balaban J connectivity index is 0.00000312. The van der Waals surface area contributed by atoms with Gasteiger partial charge in [0, 0.05) is 31.8 Å². The van der Waals surface area contributed by atoms with Crippen molar-refractivity contribution in [1.82, 2.24) is 15.5 Å². The van der Waals surface area contributed by atoms with E-state index in [1.807, 2.05) is 12.1 Å². The van der Waals surface area contributed by atoms with Gasteiger partial charge in [-0.15, -0.1) is 24.0 Å². The number of nitrogens with zero attached hydrogens (tertiary/aromatic N) is 2. The van der Waals surface area contributed by atoms with E-state index < -0.39 is 0 Å². The number of halogens is 2. The molecule has 0 spiro atoms. The first kappa shape index (κ1) is 22.5. The van der Waals surface area contributed by atoms with Crippen LogP contribution in [0.2, 0.25) is 5.02 Å². The molecule has 2 rings (SSSR count). The van der Waals surface area contributed by atoms with Crippen LogP contribution in [0.25, 0.3) is 0 Å². The molecule has 0 aromatic heterocycles. The highest BCUT2D eigenvalue weighted by Gasteiger charge is 2.24. The van der Waals surface area contributed by atoms with E-state index in [0.717, 1.165) is 30.6 Å². The minimum atomic E-state index is 0. The Morgan fingerprint density at radius 1 is 1.36 bits per heavy atom. The number of hydrogen-bond donors (Lipinski definition) is 2. The number of hydrogen-bond acceptors (Lipinski definition) is 3. The summed E-state index contributed by atoms with van der Waals surface area (Å²) in [6.45, 7) is 5.77. The van der Waals surface area contributed by atoms with Crippen molar-refractivity contribution in [2.45, 2.75) is 31.8 Å². The van der Waals surface area contributed by atoms with Crippen LogP contribution in [-0.2, 0) is 4.74 Å². The summed E-state index contributed by atoms with van der Waals surface area (Å²) in [6, 6.07) is 8.66. The summed E-state index contributed by atoms with van der Waals surface area (Å²) in [5, 5.41) is 7.58. The first-order chi connectivity index (χ1) is 11.6. The van der Waals surface area contributed by atoms with Gasteiger partial charge < -0.3 is 15.4 Å². The SMILES string of the molecule is CN=C(NCC(c1cccc(Cl)c1)N1CCCC1)NC(C)COC.I. The smallest absolute Gasteiger partial charge is 0.191 e. The van der Waals surface area contributed by atoms with E-state index in [0.29, 0.717) is 12.6 Å². The van der Waals surface area contributed by atoms with Gasteiger partial charge in [-0.2, -0.15) is 0 Å². The molecule has 2 atom stereocenters. The lowest BCUT2D eigenvalue weighted by atomic mass is 10.1. The lowest BCUT2D eigenvalue weighted by Gasteiger charge is -2.29. The van der Waals surface area contributed by atoms with Gasteiger partial charge in [-0.05, 0) is 50.6 Å². The molecule has 0 radical (unpaired) electrons. The van der Waals surface area contributed by atoms with Crippen molar-refractivity contribution in [2.24, 2.45) is 4.99 Å². The summed E-state index contributed by atoms with van der Waals surface area (Å²) in [4.78, 5) is 6.83. The topological polar surface area (TPSA) is 48.9 Å². The maximum Gasteiger partial charge on any atom is 0.191 e. The van der Waals surface area contributed by atoms with Crippen LogP contribution in [0.15, 0.2) is 29.3 Å². The third-order valence-corrected chi connectivity index (χ3v) is 4.54. The predicted molar refractivity (Wildman–Crippen MR) is 116 cm³/mol. The third-order valence-electron chi connectivity index (χ3n) is 4.30. The molecule has 1 aliphatic heterocycles. The van der Waals surface area contributed by atoms with Crippen molar-refractivity contribution in [3.8, 4) is 0 Å². The van der Waals surface area contributed by atoms with Gasteiger partial charge in [0.1, 0.15) is 0 Å². The van der Waals surface area contributed by atoms with Gasteiger partial charge in [0.15, 0.2) is 5.96 Å². The maximum atomic E-state index is 6.20. The minimum absolute atomic E-state index is 0. The molecule has 5 nitrogen and oxygen atoms in total. The fourth-order valence-corrected chi connectivity index (χ4v) is 3.34. The first-order valence-electron chi connectivity index (χ1n) is 8.59. The summed E-state index contributed by atoms with van der Waals surface area (Å²) in [5.74, 6) is 0.797. The Labute approximate surface area is 173 Å². The average molecular weight is 481 g/mol. The number of methoxy groups -OCH3 is 1. The normalized spacial score (nSPS) is 17.7. The van der Waals surface area contributed by atoms with Gasteiger partial charge in [0.25, 0.3) is 0 Å². The van der Waals surface area contributed by atoms with Crippen molar-refractivity contribution < 1.29 is 4.74 Å². The fourth-order valence-electron chi connectivity index (χ4n) is 3.14. The Morgan fingerprint density at radius 2 is 2.08 bits per heavy atom. The average Bonchev–Trinajstić information content (AvgIpc) is 3.08. The zero-order valence-corrected chi connectivity index (χ0v) is 18.4. The summed E-state index contributed by atoms with van der Waals surface area (Å²) < 4.78 is 5.17. The zero-order valence-electron chi connectivity index (χ0n) is 15.3. The van der Waals surface area contributed by atoms with Crippen LogP contribution in [0, 0.1) is 0 Å². The number of ether oxygens (including phenoxy) is 1. The molecule has 1 aliphatic rings. The van der Waals surface area contributed by atoms with Crippen LogP contribution < -0.4 is 10.6 Å². The summed E-state index contributed by atoms with van der Waals surface area (Å²) in [7, 11) is 3.50. The van der Waals surface area contributed by atoms with Crippen LogP contribution in [-0.4, -0.2) is 57.3 Å². The van der Waals surface area contributed by atoms with Gasteiger partial charge in [0.2, 0.25) is 0 Å². The van der Waals surface area contributed by atoms with Gasteiger partial charge in [0.05, 0.1) is 12.6 Å². The molecule has 1 saturated heterocycles. The van der Waals surface area contributed by atoms with Crippen molar-refractivity contribution in [1.29, 1.82) is 0 Å². The lowest BCUT2D eigenvalue weighted by molar-refractivity contribution is 0.178. The molecule has 0 saturated carbocycles. The van der Waals surface area contributed by atoms with Crippen molar-refractivity contribution in [3.05, 3.63) is 34.9 Å². The second-order valence-electron chi connectivity index (χ2n) is 6.27. The standard InChI is InChI=1S/C18H29ClN4O.HI/c1-14(13-24-3)22-18(20-2)21-12-17(23-9-4-5-10-23)15-7-6-8-16(19)11-15;/h6-8,11,14,17H,4-5,9-10,12-13H2,1-3H3,(H2,20,21,22);1H. The maximum absolute atomic E-state index is 6.20. The van der Waals surface area contributed by atoms with E-state index in [1.165, 1.54) is 18.4 Å². The monoisotopic (exact) mass is 480 g/mol. The summed E-state index contributed by atoms with van der Waals surface area (Å²) in [5.41, 5.74) is 1.25. The van der Waals surface area contributed by atoms with E-state index in [-0.39, 0.29) is 30.0 Å². The second kappa shape index (κ2) is 11.9. The molecular formula is C18H30ClIN4O. The highest BCUT2D eigenvalue weighted by molar-refractivity contribution is 14.0. The minimum Gasteiger partial charge on any atom is -0.383 e. The Kier molecular flexibility index (Phi) is 10.7. The van der Waals surface area contributed by atoms with Crippen LogP contribution in [0.4, 0.5) is 0 Å². The molecule has 7 heteroatoms. The summed E-state index contributed by atoms with van der Waals surface area (Å²) >= 11 is 6.20. The van der Waals surface area contributed by atoms with Crippen LogP contribution in [0.1, 0.15) is 31.4 Å². The number of aliphatic imine (C=N–C) groups is 1. The van der Waals surface area contributed by atoms with Gasteiger partial charge >= 0.3 is 0 Å². The molecule has 25 heavy (non-hydrogen) atoms. The molecule has 0 bridgehead atoms. The van der Waals surface area contributed by atoms with Crippen LogP contribution in [0.3, 0.4) is 0 Å². The largest absolute Gasteiger partial charge is 0.383 e. The Bertz CT molecular complexity index is 538. The highest BCUT2D eigenvalue weighted by atomic mass is 127. The number of nitrogens with one attached hydrogen (secondary N) is 2. The van der Waals surface area contributed by atoms with Crippen molar-refractivity contribution in [2.75, 3.05) is 40.4 Å². The fraction of sp³-hybridized carbons (Fsp3) is 0.611. The molecule has 1 aromatic carbocycles. The number of likely N-dealkylation sites (tertiary alicyclic amines) is 1. The lowest BCUT2D eigenvalue weighted by Crippen LogP contribution is -2.46. The van der Waals surface area contributed by atoms with E-state index in [1.54, 1.807) is 14.2 Å². The number of benzene rings is 1. The second-order valence-corrected chi connectivity index (χ2v) is 6.70. The van der Waals surface area contributed by atoms with E-state index in [4.69, 9.17) is 16.3 Å². The Morgan fingerprint density at radius 3 is 2.68 bits per heavy atom. The van der Waals surface area contributed by atoms with Crippen molar-refractivity contribution in [3.63, 3.8) is 0 Å². The molecule has 0 amide bonds. The van der Waals surface area contributed by atoms with Crippen LogP contribution in [0.5, 0.6) is 0 Å². The molecule has 2 unspecified atom stereocenters. The molecule has 1 heterocycles. The van der Waals surface area contributed by atoms with Gasteiger partial charge in [-0.25, -0.2) is 0 Å². The number of guanidine groups is 1. The molecule has 2 N–H and O–H groups in total. The Hall–Kier alpha value is -0.570. The molecule has 0 aliphatic carbocycles. The first-order valence-corrected chi connectivity index (χ1v) is 8.97. The van der Waals surface area contributed by atoms with Gasteiger partial charge in [-0.1, -0.05) is 23.7 Å². The highest BCUT2D eigenvalue weighted by Crippen LogP contribution is 2.26. The van der Waals surface area contributed by atoms with E-state index in [9.17, 15) is 0 Å². The van der Waals surface area contributed by atoms with Gasteiger partial charge in [-0.3, -0.25) is 9.89 Å². The molecular weight excluding hydrogens is 451 g/mol. The molecule has 142 valence electrons. The van der Waals surface area contributed by atoms with E-state index in [2.05, 4.69) is 39.6 Å². The molecule has 1 fully saturated rings. The van der Waals surface area contributed by atoms with Crippen molar-refractivity contribution >= 4 is 41.5 Å². The predicted octanol–water partition coefficient (Wildman–Crippen LogP) is 3.29. The summed E-state index contributed by atoms with van der Waals surface area (Å²) in [6.07, 6.45) is 2.52. The van der Waals surface area contributed by atoms with E-state index >= 15 is 0 Å². The number of rotatable bonds is 7. The zero-order chi connectivity index (χ0) is 17.4. The molecule has 1 aromatic rings. The quantitative estimate of drug-likeness (QED) is 0.357.